The molecule has 0 aromatic carbocycles. The molecule has 19 heavy (non-hydrogen) atoms. The van der Waals surface area contributed by atoms with Gasteiger partial charge in [0.15, 0.2) is 0 Å². The Bertz CT molecular complexity index is 338. The molecular formula is C13H24N2O4. The molecule has 2 atom stereocenters. The molecule has 2 amide bonds. The predicted octanol–water partition coefficient (Wildman–Crippen LogP) is 2.13. The number of hydrogen-bond donors (Lipinski definition) is 1. The Balaban J connectivity index is 2.50. The van der Waals surface area contributed by atoms with E-state index >= 15 is 0 Å². The number of alkyl carbamates (subject to hydrolysis) is 1. The van der Waals surface area contributed by atoms with Crippen molar-refractivity contribution < 1.29 is 19.1 Å². The van der Waals surface area contributed by atoms with Crippen molar-refractivity contribution in [3.05, 3.63) is 0 Å². The Morgan fingerprint density at radius 1 is 1.37 bits per heavy atom. The molecule has 0 unspecified atom stereocenters. The van der Waals surface area contributed by atoms with E-state index in [2.05, 4.69) is 5.32 Å². The van der Waals surface area contributed by atoms with Gasteiger partial charge in [0.2, 0.25) is 0 Å². The lowest BCUT2D eigenvalue weighted by molar-refractivity contribution is 0.0212. The lowest BCUT2D eigenvalue weighted by Crippen LogP contribution is -2.39. The van der Waals surface area contributed by atoms with Crippen molar-refractivity contribution in [2.45, 2.75) is 58.8 Å². The molecule has 6 heteroatoms. The Hall–Kier alpha value is -1.46. The van der Waals surface area contributed by atoms with Crippen molar-refractivity contribution in [3.8, 4) is 0 Å². The SMILES string of the molecule is CCNC(=O)O[C@H]1C[C@H](C)N(C(=O)OC(C)(C)C)C1. The first-order valence-electron chi connectivity index (χ1n) is 6.67. The average Bonchev–Trinajstić information content (AvgIpc) is 2.57. The number of ether oxygens (including phenoxy) is 2. The van der Waals surface area contributed by atoms with E-state index in [-0.39, 0.29) is 18.2 Å². The molecule has 0 spiro atoms. The summed E-state index contributed by atoms with van der Waals surface area (Å²) in [7, 11) is 0. The van der Waals surface area contributed by atoms with Crippen LogP contribution < -0.4 is 5.32 Å². The van der Waals surface area contributed by atoms with Crippen molar-refractivity contribution in [2.75, 3.05) is 13.1 Å². The minimum Gasteiger partial charge on any atom is -0.444 e. The maximum Gasteiger partial charge on any atom is 0.410 e. The summed E-state index contributed by atoms with van der Waals surface area (Å²) in [6.45, 7) is 10.1. The second-order valence-corrected chi connectivity index (χ2v) is 5.78. The molecule has 0 radical (unpaired) electrons. The van der Waals surface area contributed by atoms with Crippen LogP contribution in [0.25, 0.3) is 0 Å². The molecule has 1 saturated heterocycles. The van der Waals surface area contributed by atoms with Gasteiger partial charge in [-0.25, -0.2) is 9.59 Å². The Kier molecular flexibility index (Phi) is 5.03. The molecule has 110 valence electrons. The van der Waals surface area contributed by atoms with Crippen LogP contribution in [0.3, 0.4) is 0 Å². The first kappa shape index (κ1) is 15.6. The smallest absolute Gasteiger partial charge is 0.410 e. The fraction of sp³-hybridized carbons (Fsp3) is 0.846. The predicted molar refractivity (Wildman–Crippen MR) is 71.0 cm³/mol. The standard InChI is InChI=1S/C13H24N2O4/c1-6-14-11(16)18-10-7-9(2)15(8-10)12(17)19-13(3,4)5/h9-10H,6-8H2,1-5H3,(H,14,16)/t9-,10-/m0/s1. The third-order valence-corrected chi connectivity index (χ3v) is 2.76. The van der Waals surface area contributed by atoms with Crippen molar-refractivity contribution in [1.82, 2.24) is 10.2 Å². The van der Waals surface area contributed by atoms with Crippen molar-refractivity contribution in [2.24, 2.45) is 0 Å². The zero-order valence-electron chi connectivity index (χ0n) is 12.4. The van der Waals surface area contributed by atoms with E-state index in [0.717, 1.165) is 0 Å². The zero-order valence-corrected chi connectivity index (χ0v) is 12.4. The number of carbonyl (C=O) groups is 2. The normalized spacial score (nSPS) is 23.1. The molecule has 1 aliphatic heterocycles. The van der Waals surface area contributed by atoms with E-state index in [1.165, 1.54) is 0 Å². The lowest BCUT2D eigenvalue weighted by atomic mass is 10.2. The third-order valence-electron chi connectivity index (χ3n) is 2.76. The van der Waals surface area contributed by atoms with Crippen LogP contribution in [0, 0.1) is 0 Å². The molecule has 6 nitrogen and oxygen atoms in total. The van der Waals surface area contributed by atoms with Gasteiger partial charge in [0, 0.05) is 19.0 Å². The highest BCUT2D eigenvalue weighted by atomic mass is 16.6. The Labute approximate surface area is 114 Å². The lowest BCUT2D eigenvalue weighted by Gasteiger charge is -2.26. The number of amides is 2. The highest BCUT2D eigenvalue weighted by molar-refractivity contribution is 5.70. The molecule has 0 aromatic heterocycles. The van der Waals surface area contributed by atoms with Crippen LogP contribution in [-0.4, -0.2) is 47.9 Å². The van der Waals surface area contributed by atoms with E-state index < -0.39 is 11.7 Å². The summed E-state index contributed by atoms with van der Waals surface area (Å²) in [5.41, 5.74) is -0.519. The molecule has 1 aliphatic rings. The van der Waals surface area contributed by atoms with Crippen molar-refractivity contribution in [1.29, 1.82) is 0 Å². The minimum absolute atomic E-state index is 0.00859. The van der Waals surface area contributed by atoms with E-state index in [1.807, 2.05) is 34.6 Å². The van der Waals surface area contributed by atoms with Crippen molar-refractivity contribution in [3.63, 3.8) is 0 Å². The van der Waals surface area contributed by atoms with Crippen LogP contribution >= 0.6 is 0 Å². The monoisotopic (exact) mass is 272 g/mol. The fourth-order valence-electron chi connectivity index (χ4n) is 1.98. The average molecular weight is 272 g/mol. The first-order valence-corrected chi connectivity index (χ1v) is 6.67. The summed E-state index contributed by atoms with van der Waals surface area (Å²) >= 11 is 0. The molecule has 0 aromatic rings. The van der Waals surface area contributed by atoms with Crippen LogP contribution in [0.15, 0.2) is 0 Å². The van der Waals surface area contributed by atoms with Gasteiger partial charge in [0.25, 0.3) is 0 Å². The second kappa shape index (κ2) is 6.12. The molecule has 0 aliphatic carbocycles. The summed E-state index contributed by atoms with van der Waals surface area (Å²) in [6, 6.07) is 0.00859. The number of nitrogens with zero attached hydrogens (tertiary/aromatic N) is 1. The van der Waals surface area contributed by atoms with E-state index in [4.69, 9.17) is 9.47 Å². The maximum absolute atomic E-state index is 12.0. The summed E-state index contributed by atoms with van der Waals surface area (Å²) in [6.07, 6.45) is -0.432. The molecule has 1 fully saturated rings. The molecule has 1 rings (SSSR count). The quantitative estimate of drug-likeness (QED) is 0.836. The van der Waals surface area contributed by atoms with E-state index in [1.54, 1.807) is 4.90 Å². The van der Waals surface area contributed by atoms with Gasteiger partial charge >= 0.3 is 12.2 Å². The van der Waals surface area contributed by atoms with Gasteiger partial charge in [-0.15, -0.1) is 0 Å². The number of nitrogens with one attached hydrogen (secondary N) is 1. The van der Waals surface area contributed by atoms with E-state index in [0.29, 0.717) is 19.5 Å². The van der Waals surface area contributed by atoms with Gasteiger partial charge in [0.1, 0.15) is 11.7 Å². The van der Waals surface area contributed by atoms with Crippen LogP contribution in [0.2, 0.25) is 0 Å². The van der Waals surface area contributed by atoms with Gasteiger partial charge in [-0.05, 0) is 34.6 Å². The number of rotatable bonds is 2. The van der Waals surface area contributed by atoms with Crippen LogP contribution in [0.1, 0.15) is 41.0 Å². The number of likely N-dealkylation sites (tertiary alicyclic amines) is 1. The van der Waals surface area contributed by atoms with Gasteiger partial charge in [0.05, 0.1) is 6.54 Å². The van der Waals surface area contributed by atoms with Gasteiger partial charge < -0.3 is 19.7 Å². The number of hydrogen-bond acceptors (Lipinski definition) is 4. The molecule has 0 bridgehead atoms. The van der Waals surface area contributed by atoms with Crippen LogP contribution in [0.5, 0.6) is 0 Å². The first-order chi connectivity index (χ1) is 8.73. The summed E-state index contributed by atoms with van der Waals surface area (Å²) < 4.78 is 10.6. The molecule has 1 N–H and O–H groups in total. The topological polar surface area (TPSA) is 67.9 Å². The number of carbonyl (C=O) groups excluding carboxylic acids is 2. The van der Waals surface area contributed by atoms with Gasteiger partial charge in [-0.2, -0.15) is 0 Å². The summed E-state index contributed by atoms with van der Waals surface area (Å²) in [5.74, 6) is 0. The van der Waals surface area contributed by atoms with Crippen LogP contribution in [-0.2, 0) is 9.47 Å². The molecule has 1 heterocycles. The van der Waals surface area contributed by atoms with Crippen molar-refractivity contribution >= 4 is 12.2 Å². The summed E-state index contributed by atoms with van der Waals surface area (Å²) in [4.78, 5) is 24.9. The highest BCUT2D eigenvalue weighted by Crippen LogP contribution is 2.22. The van der Waals surface area contributed by atoms with E-state index in [9.17, 15) is 9.59 Å². The largest absolute Gasteiger partial charge is 0.444 e. The third kappa shape index (κ3) is 4.96. The Morgan fingerprint density at radius 2 is 2.00 bits per heavy atom. The maximum atomic E-state index is 12.0. The van der Waals surface area contributed by atoms with Crippen LogP contribution in [0.4, 0.5) is 9.59 Å². The fourth-order valence-corrected chi connectivity index (χ4v) is 1.98. The minimum atomic E-state index is -0.519. The second-order valence-electron chi connectivity index (χ2n) is 5.78. The zero-order chi connectivity index (χ0) is 14.6. The summed E-state index contributed by atoms with van der Waals surface area (Å²) in [5, 5.41) is 2.57. The highest BCUT2D eigenvalue weighted by Gasteiger charge is 2.36. The van der Waals surface area contributed by atoms with Gasteiger partial charge in [-0.3, -0.25) is 0 Å². The molecule has 0 saturated carbocycles. The van der Waals surface area contributed by atoms with Gasteiger partial charge in [-0.1, -0.05) is 0 Å². The Morgan fingerprint density at radius 3 is 2.53 bits per heavy atom. The molecular weight excluding hydrogens is 248 g/mol.